The van der Waals surface area contributed by atoms with Crippen LogP contribution in [0.2, 0.25) is 0 Å². The van der Waals surface area contributed by atoms with Crippen LogP contribution in [0.3, 0.4) is 0 Å². The van der Waals surface area contributed by atoms with Gasteiger partial charge in [-0.2, -0.15) is 0 Å². The lowest BCUT2D eigenvalue weighted by molar-refractivity contribution is 0.0372. The van der Waals surface area contributed by atoms with Crippen LogP contribution in [-0.2, 0) is 10.0 Å². The summed E-state index contributed by atoms with van der Waals surface area (Å²) in [6.07, 6.45) is 3.59. The van der Waals surface area contributed by atoms with Gasteiger partial charge in [-0.1, -0.05) is 12.5 Å². The van der Waals surface area contributed by atoms with E-state index in [9.17, 15) is 13.2 Å². The van der Waals surface area contributed by atoms with Crippen LogP contribution in [0.1, 0.15) is 56.0 Å². The fraction of sp³-hybridized carbons (Fsp3) is 0.650. The maximum Gasteiger partial charge on any atom is 0.254 e. The molecule has 0 aromatic heterocycles. The van der Waals surface area contributed by atoms with Crippen LogP contribution in [0.5, 0.6) is 0 Å². The van der Waals surface area contributed by atoms with Crippen molar-refractivity contribution in [3.8, 4) is 0 Å². The van der Waals surface area contributed by atoms with Gasteiger partial charge < -0.3 is 4.90 Å². The van der Waals surface area contributed by atoms with Crippen molar-refractivity contribution >= 4 is 15.9 Å². The highest BCUT2D eigenvalue weighted by molar-refractivity contribution is 7.89. The highest BCUT2D eigenvalue weighted by Gasteiger charge is 2.32. The number of hydrogen-bond acceptors (Lipinski definition) is 4. The summed E-state index contributed by atoms with van der Waals surface area (Å²) in [5, 5.41) is 0. The minimum atomic E-state index is -3.67. The van der Waals surface area contributed by atoms with E-state index in [2.05, 4.69) is 9.62 Å². The van der Waals surface area contributed by atoms with Crippen molar-refractivity contribution in [2.45, 2.75) is 63.4 Å². The number of rotatable bonds is 3. The lowest BCUT2D eigenvalue weighted by Crippen LogP contribution is -2.56. The van der Waals surface area contributed by atoms with Gasteiger partial charge in [0.1, 0.15) is 0 Å². The molecule has 2 aliphatic heterocycles. The number of nitrogens with zero attached hydrogens (tertiary/aromatic N) is 2. The van der Waals surface area contributed by atoms with Gasteiger partial charge in [-0.3, -0.25) is 9.69 Å². The predicted octanol–water partition coefficient (Wildman–Crippen LogP) is 2.38. The third-order valence-corrected chi connectivity index (χ3v) is 7.07. The molecular formula is C20H31N3O3S. The fourth-order valence-corrected chi connectivity index (χ4v) is 5.42. The van der Waals surface area contributed by atoms with Crippen LogP contribution >= 0.6 is 0 Å². The zero-order valence-electron chi connectivity index (χ0n) is 16.8. The van der Waals surface area contributed by atoms with E-state index in [-0.39, 0.29) is 10.8 Å². The molecule has 0 spiro atoms. The highest BCUT2D eigenvalue weighted by Crippen LogP contribution is 2.24. The number of nitrogens with one attached hydrogen (secondary N) is 1. The van der Waals surface area contributed by atoms with Gasteiger partial charge >= 0.3 is 0 Å². The highest BCUT2D eigenvalue weighted by atomic mass is 32.2. The Hall–Kier alpha value is -1.44. The number of fused-ring (bicyclic) bond motifs is 1. The number of piperazine rings is 1. The van der Waals surface area contributed by atoms with Crippen LogP contribution < -0.4 is 4.72 Å². The van der Waals surface area contributed by atoms with Gasteiger partial charge in [-0.15, -0.1) is 0 Å². The summed E-state index contributed by atoms with van der Waals surface area (Å²) in [7, 11) is -3.67. The second kappa shape index (κ2) is 7.53. The first-order chi connectivity index (χ1) is 12.6. The topological polar surface area (TPSA) is 69.7 Å². The molecule has 1 aromatic carbocycles. The summed E-state index contributed by atoms with van der Waals surface area (Å²) in [5.41, 5.74) is 0.711. The lowest BCUT2D eigenvalue weighted by atomic mass is 9.98. The molecule has 27 heavy (non-hydrogen) atoms. The Balaban J connectivity index is 1.83. The van der Waals surface area contributed by atoms with Crippen LogP contribution in [0, 0.1) is 6.92 Å². The average Bonchev–Trinajstić information content (AvgIpc) is 2.59. The summed E-state index contributed by atoms with van der Waals surface area (Å²) in [5.74, 6) is -0.0643. The summed E-state index contributed by atoms with van der Waals surface area (Å²) in [6.45, 7) is 10.7. The predicted molar refractivity (Wildman–Crippen MR) is 106 cm³/mol. The van der Waals surface area contributed by atoms with Gasteiger partial charge in [0, 0.05) is 36.8 Å². The first-order valence-electron chi connectivity index (χ1n) is 9.75. The van der Waals surface area contributed by atoms with Crippen molar-refractivity contribution in [2.24, 2.45) is 0 Å². The molecule has 0 saturated carbocycles. The number of amides is 1. The minimum absolute atomic E-state index is 0.0643. The van der Waals surface area contributed by atoms with Crippen LogP contribution in [0.25, 0.3) is 0 Å². The van der Waals surface area contributed by atoms with Crippen LogP contribution in [0.4, 0.5) is 0 Å². The van der Waals surface area contributed by atoms with Gasteiger partial charge in [0.2, 0.25) is 10.0 Å². The monoisotopic (exact) mass is 393 g/mol. The Morgan fingerprint density at radius 3 is 2.59 bits per heavy atom. The van der Waals surface area contributed by atoms with E-state index in [0.717, 1.165) is 31.6 Å². The molecule has 1 unspecified atom stereocenters. The summed E-state index contributed by atoms with van der Waals surface area (Å²) in [4.78, 5) is 17.7. The van der Waals surface area contributed by atoms with E-state index >= 15 is 0 Å². The number of sulfonamides is 1. The molecule has 1 aromatic rings. The van der Waals surface area contributed by atoms with Crippen molar-refractivity contribution in [1.29, 1.82) is 0 Å². The van der Waals surface area contributed by atoms with Crippen LogP contribution in [-0.4, -0.2) is 61.9 Å². The van der Waals surface area contributed by atoms with Crippen molar-refractivity contribution in [3.05, 3.63) is 29.3 Å². The Morgan fingerprint density at radius 1 is 1.15 bits per heavy atom. The molecule has 0 radical (unpaired) electrons. The largest absolute Gasteiger partial charge is 0.336 e. The van der Waals surface area contributed by atoms with Gasteiger partial charge in [0.15, 0.2) is 0 Å². The third kappa shape index (κ3) is 4.70. The van der Waals surface area contributed by atoms with Gasteiger partial charge in [-0.05, 0) is 64.8 Å². The molecule has 6 nitrogen and oxygen atoms in total. The summed E-state index contributed by atoms with van der Waals surface area (Å²) < 4.78 is 28.0. The Labute approximate surface area is 163 Å². The maximum absolute atomic E-state index is 13.2. The van der Waals surface area contributed by atoms with E-state index in [4.69, 9.17) is 0 Å². The fourth-order valence-electron chi connectivity index (χ4n) is 3.97. The number of aryl methyl sites for hydroxylation is 1. The second-order valence-electron chi connectivity index (χ2n) is 8.77. The van der Waals surface area contributed by atoms with Gasteiger partial charge in [0.25, 0.3) is 5.91 Å². The first-order valence-corrected chi connectivity index (χ1v) is 11.2. The van der Waals surface area contributed by atoms with Gasteiger partial charge in [-0.25, -0.2) is 13.1 Å². The van der Waals surface area contributed by atoms with E-state index < -0.39 is 15.6 Å². The first kappa shape index (κ1) is 20.3. The number of carbonyl (C=O) groups excluding carboxylic acids is 1. The Morgan fingerprint density at radius 2 is 1.89 bits per heavy atom. The summed E-state index contributed by atoms with van der Waals surface area (Å²) in [6, 6.07) is 5.26. The molecule has 1 amide bonds. The Kier molecular flexibility index (Phi) is 5.66. The SMILES string of the molecule is Cc1ccc(S(=O)(=O)NC(C)(C)C)cc1C(=O)N1CCN2CCCCC2C1. The summed E-state index contributed by atoms with van der Waals surface area (Å²) >= 11 is 0. The van der Waals surface area contributed by atoms with Gasteiger partial charge in [0.05, 0.1) is 4.90 Å². The number of piperidine rings is 1. The normalized spacial score (nSPS) is 21.8. The van der Waals surface area contributed by atoms with E-state index in [0.29, 0.717) is 18.2 Å². The number of carbonyl (C=O) groups is 1. The van der Waals surface area contributed by atoms with Crippen LogP contribution in [0.15, 0.2) is 23.1 Å². The smallest absolute Gasteiger partial charge is 0.254 e. The third-order valence-electron chi connectivity index (χ3n) is 5.31. The van der Waals surface area contributed by atoms with E-state index in [1.54, 1.807) is 32.9 Å². The molecule has 0 bridgehead atoms. The molecule has 1 N–H and O–H groups in total. The molecule has 2 fully saturated rings. The van der Waals surface area contributed by atoms with Crippen molar-refractivity contribution in [3.63, 3.8) is 0 Å². The Bertz CT molecular complexity index is 814. The zero-order valence-corrected chi connectivity index (χ0v) is 17.6. The molecule has 7 heteroatoms. The van der Waals surface area contributed by atoms with Crippen molar-refractivity contribution < 1.29 is 13.2 Å². The van der Waals surface area contributed by atoms with Crippen molar-refractivity contribution in [2.75, 3.05) is 26.2 Å². The molecule has 2 aliphatic rings. The lowest BCUT2D eigenvalue weighted by Gasteiger charge is -2.44. The van der Waals surface area contributed by atoms with E-state index in [1.165, 1.54) is 18.9 Å². The number of hydrogen-bond donors (Lipinski definition) is 1. The quantitative estimate of drug-likeness (QED) is 0.856. The molecule has 3 rings (SSSR count). The molecule has 2 saturated heterocycles. The standard InChI is InChI=1S/C20H31N3O3S/c1-15-8-9-17(27(25,26)21-20(2,3)4)13-18(15)19(24)23-12-11-22-10-6-5-7-16(22)14-23/h8-9,13,16,21H,5-7,10-12,14H2,1-4H3. The van der Waals surface area contributed by atoms with Crippen molar-refractivity contribution in [1.82, 2.24) is 14.5 Å². The average molecular weight is 394 g/mol. The van der Waals surface area contributed by atoms with E-state index in [1.807, 2.05) is 11.8 Å². The molecule has 0 aliphatic carbocycles. The maximum atomic E-state index is 13.2. The molecule has 2 heterocycles. The molecule has 1 atom stereocenters. The minimum Gasteiger partial charge on any atom is -0.336 e. The zero-order chi connectivity index (χ0) is 19.8. The molecular weight excluding hydrogens is 362 g/mol. The number of benzene rings is 1. The molecule has 150 valence electrons. The second-order valence-corrected chi connectivity index (χ2v) is 10.5.